The van der Waals surface area contributed by atoms with Gasteiger partial charge in [-0.1, -0.05) is 55.3 Å². The Bertz CT molecular complexity index is 1170. The summed E-state index contributed by atoms with van der Waals surface area (Å²) < 4.78 is 7.64. The van der Waals surface area contributed by atoms with Crippen LogP contribution in [0.5, 0.6) is 5.75 Å². The molecule has 1 fully saturated rings. The van der Waals surface area contributed by atoms with Gasteiger partial charge in [-0.3, -0.25) is 4.79 Å². The van der Waals surface area contributed by atoms with Crippen molar-refractivity contribution in [3.8, 4) is 5.75 Å². The Morgan fingerprint density at radius 1 is 1.14 bits per heavy atom. The van der Waals surface area contributed by atoms with Gasteiger partial charge in [0.05, 0.1) is 18.9 Å². The van der Waals surface area contributed by atoms with Gasteiger partial charge < -0.3 is 19.5 Å². The number of anilines is 2. The van der Waals surface area contributed by atoms with Crippen LogP contribution in [-0.4, -0.2) is 39.6 Å². The first-order chi connectivity index (χ1) is 17.1. The number of amides is 1. The zero-order chi connectivity index (χ0) is 24.2. The van der Waals surface area contributed by atoms with Gasteiger partial charge in [-0.05, 0) is 49.9 Å². The van der Waals surface area contributed by atoms with E-state index in [9.17, 15) is 4.79 Å². The van der Waals surface area contributed by atoms with Gasteiger partial charge in [0.2, 0.25) is 5.91 Å². The fourth-order valence-corrected chi connectivity index (χ4v) is 6.12. The largest absolute Gasteiger partial charge is 0.497 e. The van der Waals surface area contributed by atoms with E-state index in [0.717, 1.165) is 53.9 Å². The molecule has 1 aliphatic heterocycles. The van der Waals surface area contributed by atoms with Crippen molar-refractivity contribution < 1.29 is 9.53 Å². The average Bonchev–Trinajstić information content (AvgIpc) is 3.51. The maximum atomic E-state index is 13.4. The van der Waals surface area contributed by atoms with Crippen molar-refractivity contribution in [2.45, 2.75) is 68.4 Å². The smallest absolute Gasteiger partial charge is 0.240 e. The number of carbonyl (C=O) groups excluding carboxylic acids is 1. The number of rotatable bonds is 8. The quantitative estimate of drug-likeness (QED) is 0.421. The maximum Gasteiger partial charge on any atom is 0.240 e. The van der Waals surface area contributed by atoms with Crippen LogP contribution in [0.15, 0.2) is 53.7 Å². The minimum absolute atomic E-state index is 0.134. The van der Waals surface area contributed by atoms with Crippen molar-refractivity contribution >= 4 is 29.0 Å². The summed E-state index contributed by atoms with van der Waals surface area (Å²) in [5, 5.41) is 13.2. The fourth-order valence-electron chi connectivity index (χ4n) is 5.12. The number of ether oxygens (including phenoxy) is 1. The van der Waals surface area contributed by atoms with Crippen molar-refractivity contribution in [1.82, 2.24) is 14.8 Å². The predicted molar refractivity (Wildman–Crippen MR) is 140 cm³/mol. The molecule has 1 aliphatic carbocycles. The van der Waals surface area contributed by atoms with Gasteiger partial charge in [-0.25, -0.2) is 0 Å². The molecule has 0 bridgehead atoms. The molecule has 3 aromatic rings. The van der Waals surface area contributed by atoms with E-state index in [-0.39, 0.29) is 11.2 Å². The van der Waals surface area contributed by atoms with E-state index >= 15 is 0 Å². The Balaban J connectivity index is 1.34. The molecule has 1 aromatic heterocycles. The standard InChI is InChI=1S/C27H33N5O2S/c1-19(26(33)31-16-15-20-9-6-7-14-24(20)31)35-27-30-29-25(32(27)22-11-4-3-5-12-22)18-28-21-10-8-13-23(17-21)34-2/h6-10,13-14,17,19,22,28H,3-5,11-12,15-16,18H2,1-2H3/t19-/m0/s1. The molecule has 0 unspecified atom stereocenters. The Morgan fingerprint density at radius 3 is 2.80 bits per heavy atom. The summed E-state index contributed by atoms with van der Waals surface area (Å²) in [6, 6.07) is 16.5. The molecule has 0 radical (unpaired) electrons. The van der Waals surface area contributed by atoms with Crippen LogP contribution >= 0.6 is 11.8 Å². The molecular formula is C27H33N5O2S. The van der Waals surface area contributed by atoms with E-state index in [1.54, 1.807) is 7.11 Å². The zero-order valence-electron chi connectivity index (χ0n) is 20.4. The third-order valence-electron chi connectivity index (χ3n) is 6.98. The first-order valence-electron chi connectivity index (χ1n) is 12.5. The van der Waals surface area contributed by atoms with Crippen LogP contribution in [0.4, 0.5) is 11.4 Å². The highest BCUT2D eigenvalue weighted by molar-refractivity contribution is 8.00. The highest BCUT2D eigenvalue weighted by atomic mass is 32.2. The Kier molecular flexibility index (Phi) is 7.27. The topological polar surface area (TPSA) is 72.3 Å². The molecule has 8 heteroatoms. The molecule has 0 saturated heterocycles. The van der Waals surface area contributed by atoms with Gasteiger partial charge in [0, 0.05) is 30.0 Å². The van der Waals surface area contributed by atoms with Gasteiger partial charge in [0.25, 0.3) is 0 Å². The fraction of sp³-hybridized carbons (Fsp3) is 0.444. The van der Waals surface area contributed by atoms with Crippen molar-refractivity contribution in [3.05, 3.63) is 59.9 Å². The van der Waals surface area contributed by atoms with Crippen molar-refractivity contribution in [2.75, 3.05) is 23.9 Å². The summed E-state index contributed by atoms with van der Waals surface area (Å²) >= 11 is 1.53. The van der Waals surface area contributed by atoms with Crippen LogP contribution in [0.25, 0.3) is 0 Å². The molecule has 1 amide bonds. The lowest BCUT2D eigenvalue weighted by Gasteiger charge is -2.27. The van der Waals surface area contributed by atoms with Crippen molar-refractivity contribution in [2.24, 2.45) is 0 Å². The van der Waals surface area contributed by atoms with Crippen molar-refractivity contribution in [3.63, 3.8) is 0 Å². The second-order valence-electron chi connectivity index (χ2n) is 9.27. The third-order valence-corrected chi connectivity index (χ3v) is 8.02. The van der Waals surface area contributed by atoms with Crippen LogP contribution in [0.3, 0.4) is 0 Å². The van der Waals surface area contributed by atoms with E-state index in [4.69, 9.17) is 4.74 Å². The number of fused-ring (bicyclic) bond motifs is 1. The summed E-state index contributed by atoms with van der Waals surface area (Å²) in [7, 11) is 1.67. The van der Waals surface area contributed by atoms with Crippen LogP contribution < -0.4 is 15.0 Å². The number of hydrogen-bond donors (Lipinski definition) is 1. The molecule has 1 N–H and O–H groups in total. The SMILES string of the molecule is COc1cccc(NCc2nnc(S[C@@H](C)C(=O)N3CCc4ccccc43)n2C2CCCCC2)c1. The molecule has 2 aromatic carbocycles. The number of benzene rings is 2. The molecule has 2 heterocycles. The highest BCUT2D eigenvalue weighted by Crippen LogP contribution is 2.36. The van der Waals surface area contributed by atoms with E-state index in [0.29, 0.717) is 12.6 Å². The normalized spacial score (nSPS) is 16.7. The van der Waals surface area contributed by atoms with Crippen molar-refractivity contribution in [1.29, 1.82) is 0 Å². The summed E-state index contributed by atoms with van der Waals surface area (Å²) in [6.07, 6.45) is 6.88. The second kappa shape index (κ2) is 10.7. The minimum Gasteiger partial charge on any atom is -0.497 e. The maximum absolute atomic E-state index is 13.4. The molecule has 35 heavy (non-hydrogen) atoms. The molecule has 5 rings (SSSR count). The van der Waals surface area contributed by atoms with Crippen LogP contribution in [0.2, 0.25) is 0 Å². The molecule has 1 atom stereocenters. The second-order valence-corrected chi connectivity index (χ2v) is 10.6. The van der Waals surface area contributed by atoms with Crippen LogP contribution in [0, 0.1) is 0 Å². The van der Waals surface area contributed by atoms with E-state index in [1.165, 1.54) is 36.6 Å². The number of methoxy groups -OCH3 is 1. The van der Waals surface area contributed by atoms with Gasteiger partial charge >= 0.3 is 0 Å². The molecule has 1 saturated carbocycles. The summed E-state index contributed by atoms with van der Waals surface area (Å²) in [4.78, 5) is 15.3. The first kappa shape index (κ1) is 23.7. The van der Waals surface area contributed by atoms with Gasteiger partial charge in [0.15, 0.2) is 11.0 Å². The summed E-state index contributed by atoms with van der Waals surface area (Å²) in [6.45, 7) is 3.30. The lowest BCUT2D eigenvalue weighted by Crippen LogP contribution is -2.35. The zero-order valence-corrected chi connectivity index (χ0v) is 21.3. The Labute approximate surface area is 211 Å². The van der Waals surface area contributed by atoms with Gasteiger partial charge in [0.1, 0.15) is 5.75 Å². The number of nitrogens with zero attached hydrogens (tertiary/aromatic N) is 4. The van der Waals surface area contributed by atoms with E-state index < -0.39 is 0 Å². The molecule has 184 valence electrons. The Hall–Kier alpha value is -3.00. The number of hydrogen-bond acceptors (Lipinski definition) is 6. The third kappa shape index (κ3) is 5.17. The number of aromatic nitrogens is 3. The minimum atomic E-state index is -0.244. The van der Waals surface area contributed by atoms with E-state index in [2.05, 4.69) is 26.1 Å². The van der Waals surface area contributed by atoms with Crippen LogP contribution in [-0.2, 0) is 17.8 Å². The summed E-state index contributed by atoms with van der Waals surface area (Å²) in [5.41, 5.74) is 3.27. The molecule has 7 nitrogen and oxygen atoms in total. The highest BCUT2D eigenvalue weighted by Gasteiger charge is 2.31. The number of carbonyl (C=O) groups is 1. The first-order valence-corrected chi connectivity index (χ1v) is 13.4. The summed E-state index contributed by atoms with van der Waals surface area (Å²) in [5.74, 6) is 1.86. The Morgan fingerprint density at radius 2 is 1.97 bits per heavy atom. The number of thioether (sulfide) groups is 1. The molecule has 2 aliphatic rings. The average molecular weight is 492 g/mol. The number of nitrogens with one attached hydrogen (secondary N) is 1. The lowest BCUT2D eigenvalue weighted by atomic mass is 9.95. The molecule has 0 spiro atoms. The van der Waals surface area contributed by atoms with Gasteiger partial charge in [-0.2, -0.15) is 0 Å². The predicted octanol–water partition coefficient (Wildman–Crippen LogP) is 5.47. The van der Waals surface area contributed by atoms with E-state index in [1.807, 2.05) is 54.3 Å². The monoisotopic (exact) mass is 491 g/mol. The number of para-hydroxylation sites is 1. The molecular weight excluding hydrogens is 458 g/mol. The van der Waals surface area contributed by atoms with Crippen LogP contribution in [0.1, 0.15) is 56.5 Å². The van der Waals surface area contributed by atoms with Gasteiger partial charge in [-0.15, -0.1) is 10.2 Å². The lowest BCUT2D eigenvalue weighted by molar-refractivity contribution is -0.117.